The third kappa shape index (κ3) is 2.83. The molecule has 0 aliphatic heterocycles. The predicted molar refractivity (Wildman–Crippen MR) is 73.1 cm³/mol. The molecule has 0 radical (unpaired) electrons. The molecule has 4 nitrogen and oxygen atoms in total. The van der Waals surface area contributed by atoms with Crippen molar-refractivity contribution in [2.75, 3.05) is 12.3 Å². The van der Waals surface area contributed by atoms with E-state index in [0.29, 0.717) is 23.1 Å². The van der Waals surface area contributed by atoms with Gasteiger partial charge in [0.1, 0.15) is 10.9 Å². The van der Waals surface area contributed by atoms with Gasteiger partial charge in [0.25, 0.3) is 0 Å². The van der Waals surface area contributed by atoms with E-state index in [2.05, 4.69) is 9.97 Å². The van der Waals surface area contributed by atoms with Crippen LogP contribution in [0.5, 0.6) is 5.75 Å². The molecule has 2 N–H and O–H groups in total. The molecule has 1 aromatic heterocycles. The van der Waals surface area contributed by atoms with Crippen molar-refractivity contribution in [2.45, 2.75) is 6.92 Å². The lowest BCUT2D eigenvalue weighted by Gasteiger charge is -2.10. The molecule has 0 amide bonds. The zero-order chi connectivity index (χ0) is 13.1. The van der Waals surface area contributed by atoms with Gasteiger partial charge < -0.3 is 10.5 Å². The van der Waals surface area contributed by atoms with E-state index in [1.165, 1.54) is 0 Å². The van der Waals surface area contributed by atoms with Crippen molar-refractivity contribution < 1.29 is 4.74 Å². The standard InChI is InChI=1S/C12H11Cl2N3O/c1-2-18-10-4-3-7(13)5-8(10)9-6-11(14)17-12(15)16-9/h3-6H,2H2,1H3,(H2,15,16,17). The van der Waals surface area contributed by atoms with Gasteiger partial charge >= 0.3 is 0 Å². The fourth-order valence-corrected chi connectivity index (χ4v) is 1.92. The highest BCUT2D eigenvalue weighted by molar-refractivity contribution is 6.31. The predicted octanol–water partition coefficient (Wildman–Crippen LogP) is 3.43. The van der Waals surface area contributed by atoms with Crippen LogP contribution in [0.3, 0.4) is 0 Å². The Labute approximate surface area is 115 Å². The molecule has 18 heavy (non-hydrogen) atoms. The van der Waals surface area contributed by atoms with E-state index in [-0.39, 0.29) is 11.1 Å². The summed E-state index contributed by atoms with van der Waals surface area (Å²) in [5.74, 6) is 0.788. The fourth-order valence-electron chi connectivity index (χ4n) is 1.56. The van der Waals surface area contributed by atoms with Crippen LogP contribution in [0.4, 0.5) is 5.95 Å². The zero-order valence-corrected chi connectivity index (χ0v) is 11.2. The number of halogens is 2. The van der Waals surface area contributed by atoms with Crippen LogP contribution in [-0.4, -0.2) is 16.6 Å². The van der Waals surface area contributed by atoms with E-state index in [1.54, 1.807) is 24.3 Å². The molecule has 2 rings (SSSR count). The molecule has 0 unspecified atom stereocenters. The van der Waals surface area contributed by atoms with Crippen LogP contribution in [0.2, 0.25) is 10.2 Å². The molecule has 1 heterocycles. The van der Waals surface area contributed by atoms with Crippen LogP contribution in [0.15, 0.2) is 24.3 Å². The average Bonchev–Trinajstić information content (AvgIpc) is 2.30. The van der Waals surface area contributed by atoms with E-state index in [0.717, 1.165) is 5.56 Å². The van der Waals surface area contributed by atoms with E-state index in [4.69, 9.17) is 33.7 Å². The third-order valence-electron chi connectivity index (χ3n) is 2.23. The zero-order valence-electron chi connectivity index (χ0n) is 9.65. The highest BCUT2D eigenvalue weighted by Crippen LogP contribution is 2.32. The van der Waals surface area contributed by atoms with Gasteiger partial charge in [0, 0.05) is 16.7 Å². The first-order chi connectivity index (χ1) is 8.60. The Kier molecular flexibility index (Phi) is 3.89. The highest BCUT2D eigenvalue weighted by Gasteiger charge is 2.10. The topological polar surface area (TPSA) is 61.0 Å². The van der Waals surface area contributed by atoms with Crippen LogP contribution in [0.25, 0.3) is 11.3 Å². The van der Waals surface area contributed by atoms with Crippen LogP contribution < -0.4 is 10.5 Å². The summed E-state index contributed by atoms with van der Waals surface area (Å²) >= 11 is 11.8. The molecule has 94 valence electrons. The number of ether oxygens (including phenoxy) is 1. The van der Waals surface area contributed by atoms with Gasteiger partial charge in [-0.05, 0) is 25.1 Å². The summed E-state index contributed by atoms with van der Waals surface area (Å²) < 4.78 is 5.52. The third-order valence-corrected chi connectivity index (χ3v) is 2.66. The van der Waals surface area contributed by atoms with Gasteiger partial charge in [0.2, 0.25) is 5.95 Å². The van der Waals surface area contributed by atoms with Crippen LogP contribution >= 0.6 is 23.2 Å². The lowest BCUT2D eigenvalue weighted by Crippen LogP contribution is -1.99. The summed E-state index contributed by atoms with van der Waals surface area (Å²) in [5, 5.41) is 0.863. The summed E-state index contributed by atoms with van der Waals surface area (Å²) in [4.78, 5) is 7.95. The van der Waals surface area contributed by atoms with Crippen molar-refractivity contribution in [1.29, 1.82) is 0 Å². The lowest BCUT2D eigenvalue weighted by atomic mass is 10.1. The number of hydrogen-bond donors (Lipinski definition) is 1. The minimum absolute atomic E-state index is 0.111. The smallest absolute Gasteiger partial charge is 0.221 e. The number of nitrogens with zero attached hydrogens (tertiary/aromatic N) is 2. The Morgan fingerprint density at radius 3 is 2.67 bits per heavy atom. The molecule has 6 heteroatoms. The first-order valence-electron chi connectivity index (χ1n) is 5.33. The Balaban J connectivity index is 2.57. The van der Waals surface area contributed by atoms with Gasteiger partial charge in [-0.3, -0.25) is 0 Å². The normalized spacial score (nSPS) is 10.4. The first kappa shape index (κ1) is 12.9. The van der Waals surface area contributed by atoms with Crippen molar-refractivity contribution in [3.63, 3.8) is 0 Å². The number of aromatic nitrogens is 2. The van der Waals surface area contributed by atoms with Crippen molar-refractivity contribution in [3.05, 3.63) is 34.4 Å². The molecule has 0 fully saturated rings. The molecular formula is C12H11Cl2N3O. The largest absolute Gasteiger partial charge is 0.493 e. The summed E-state index contributed by atoms with van der Waals surface area (Å²) in [5.41, 5.74) is 6.90. The number of anilines is 1. The van der Waals surface area contributed by atoms with Gasteiger partial charge in [0.05, 0.1) is 12.3 Å². The molecule has 0 bridgehead atoms. The van der Waals surface area contributed by atoms with E-state index in [1.807, 2.05) is 6.92 Å². The van der Waals surface area contributed by atoms with Crippen molar-refractivity contribution in [3.8, 4) is 17.0 Å². The monoisotopic (exact) mass is 283 g/mol. The van der Waals surface area contributed by atoms with Crippen molar-refractivity contribution in [1.82, 2.24) is 9.97 Å². The molecule has 0 spiro atoms. The minimum Gasteiger partial charge on any atom is -0.493 e. The van der Waals surface area contributed by atoms with Crippen LogP contribution in [0.1, 0.15) is 6.92 Å². The molecule has 0 saturated carbocycles. The molecule has 2 aromatic rings. The van der Waals surface area contributed by atoms with Gasteiger partial charge in [0.15, 0.2) is 0 Å². The number of nitrogens with two attached hydrogens (primary N) is 1. The molecule has 1 aromatic carbocycles. The number of nitrogen functional groups attached to an aromatic ring is 1. The number of hydrogen-bond acceptors (Lipinski definition) is 4. The molecular weight excluding hydrogens is 273 g/mol. The van der Waals surface area contributed by atoms with Crippen molar-refractivity contribution >= 4 is 29.2 Å². The first-order valence-corrected chi connectivity index (χ1v) is 6.08. The maximum absolute atomic E-state index is 5.98. The molecule has 0 aliphatic carbocycles. The van der Waals surface area contributed by atoms with Gasteiger partial charge in [-0.2, -0.15) is 0 Å². The van der Waals surface area contributed by atoms with E-state index >= 15 is 0 Å². The summed E-state index contributed by atoms with van der Waals surface area (Å²) in [6, 6.07) is 6.91. The minimum atomic E-state index is 0.111. The summed E-state index contributed by atoms with van der Waals surface area (Å²) in [6.45, 7) is 2.45. The fraction of sp³-hybridized carbons (Fsp3) is 0.167. The maximum atomic E-state index is 5.98. The highest BCUT2D eigenvalue weighted by atomic mass is 35.5. The maximum Gasteiger partial charge on any atom is 0.221 e. The quantitative estimate of drug-likeness (QED) is 0.877. The van der Waals surface area contributed by atoms with Crippen LogP contribution in [0, 0.1) is 0 Å². The summed E-state index contributed by atoms with van der Waals surface area (Å²) in [6.07, 6.45) is 0. The summed E-state index contributed by atoms with van der Waals surface area (Å²) in [7, 11) is 0. The second kappa shape index (κ2) is 5.42. The molecule has 0 atom stereocenters. The Morgan fingerprint density at radius 2 is 2.00 bits per heavy atom. The lowest BCUT2D eigenvalue weighted by molar-refractivity contribution is 0.341. The SMILES string of the molecule is CCOc1ccc(Cl)cc1-c1cc(Cl)nc(N)n1. The average molecular weight is 284 g/mol. The number of benzene rings is 1. The van der Waals surface area contributed by atoms with E-state index in [9.17, 15) is 0 Å². The Hall–Kier alpha value is -1.52. The second-order valence-electron chi connectivity index (χ2n) is 3.51. The van der Waals surface area contributed by atoms with Crippen molar-refractivity contribution in [2.24, 2.45) is 0 Å². The molecule has 0 aliphatic rings. The van der Waals surface area contributed by atoms with Gasteiger partial charge in [-0.1, -0.05) is 23.2 Å². The Bertz CT molecular complexity index is 555. The molecule has 0 saturated heterocycles. The van der Waals surface area contributed by atoms with Crippen LogP contribution in [-0.2, 0) is 0 Å². The Morgan fingerprint density at radius 1 is 1.22 bits per heavy atom. The van der Waals surface area contributed by atoms with Gasteiger partial charge in [-0.25, -0.2) is 9.97 Å². The van der Waals surface area contributed by atoms with Gasteiger partial charge in [-0.15, -0.1) is 0 Å². The van der Waals surface area contributed by atoms with E-state index < -0.39 is 0 Å². The number of rotatable bonds is 3. The second-order valence-corrected chi connectivity index (χ2v) is 4.33.